The third kappa shape index (κ3) is 9.44. The second-order valence-electron chi connectivity index (χ2n) is 9.19. The number of unbranched alkanes of at least 4 members (excludes halogenated alkanes) is 6. The molecule has 1 aromatic rings. The Kier molecular flexibility index (Phi) is 12.4. The highest BCUT2D eigenvalue weighted by Crippen LogP contribution is 2.35. The molecule has 0 N–H and O–H groups in total. The number of hydrogen-bond donors (Lipinski definition) is 0. The molecule has 0 spiro atoms. The van der Waals surface area contributed by atoms with Gasteiger partial charge in [-0.1, -0.05) is 114 Å². The van der Waals surface area contributed by atoms with Crippen LogP contribution in [-0.4, -0.2) is 0 Å². The first kappa shape index (κ1) is 23.2. The van der Waals surface area contributed by atoms with Gasteiger partial charge in [0.05, 0.1) is 0 Å². The maximum absolute atomic E-state index is 2.67. The Morgan fingerprint density at radius 2 is 1.54 bits per heavy atom. The van der Waals surface area contributed by atoms with Gasteiger partial charge in [-0.3, -0.25) is 0 Å². The van der Waals surface area contributed by atoms with Gasteiger partial charge in [-0.2, -0.15) is 0 Å². The van der Waals surface area contributed by atoms with E-state index in [9.17, 15) is 0 Å². The summed E-state index contributed by atoms with van der Waals surface area (Å²) in [5.41, 5.74) is 3.33. The summed E-state index contributed by atoms with van der Waals surface area (Å²) < 4.78 is 0. The average Bonchev–Trinajstić information content (AvgIpc) is 2.74. The van der Waals surface area contributed by atoms with Crippen LogP contribution in [0.3, 0.4) is 0 Å². The van der Waals surface area contributed by atoms with Crippen molar-refractivity contribution in [1.29, 1.82) is 0 Å². The highest BCUT2D eigenvalue weighted by molar-refractivity contribution is 5.15. The molecule has 0 amide bonds. The average molecular weight is 383 g/mol. The van der Waals surface area contributed by atoms with E-state index in [1.54, 1.807) is 0 Å². The van der Waals surface area contributed by atoms with Crippen molar-refractivity contribution in [3.05, 3.63) is 47.5 Å². The Balaban J connectivity index is 1.71. The van der Waals surface area contributed by atoms with E-state index in [2.05, 4.69) is 50.3 Å². The summed E-state index contributed by atoms with van der Waals surface area (Å²) in [6, 6.07) is 11.1. The first-order valence-electron chi connectivity index (χ1n) is 12.6. The summed E-state index contributed by atoms with van der Waals surface area (Å²) in [5, 5.41) is 0. The van der Waals surface area contributed by atoms with Crippen molar-refractivity contribution in [2.75, 3.05) is 0 Å². The molecule has 0 aliphatic heterocycles. The monoisotopic (exact) mass is 382 g/mol. The zero-order valence-electron chi connectivity index (χ0n) is 18.9. The molecule has 0 saturated carbocycles. The number of allylic oxidation sites excluding steroid dienone is 2. The predicted molar refractivity (Wildman–Crippen MR) is 126 cm³/mol. The summed E-state index contributed by atoms with van der Waals surface area (Å²) in [5.74, 6) is 1.84. The molecule has 1 aliphatic carbocycles. The second kappa shape index (κ2) is 14.9. The molecule has 0 heterocycles. The first-order chi connectivity index (χ1) is 13.8. The van der Waals surface area contributed by atoms with Gasteiger partial charge in [0.2, 0.25) is 0 Å². The predicted octanol–water partition coefficient (Wildman–Crippen LogP) is 9.29. The quantitative estimate of drug-likeness (QED) is 0.209. The van der Waals surface area contributed by atoms with Crippen molar-refractivity contribution in [3.63, 3.8) is 0 Å². The fourth-order valence-corrected chi connectivity index (χ4v) is 4.92. The van der Waals surface area contributed by atoms with E-state index < -0.39 is 0 Å². The molecule has 2 atom stereocenters. The van der Waals surface area contributed by atoms with Gasteiger partial charge in [-0.25, -0.2) is 0 Å². The van der Waals surface area contributed by atoms with Crippen LogP contribution in [0.2, 0.25) is 0 Å². The van der Waals surface area contributed by atoms with Gasteiger partial charge in [0.25, 0.3) is 0 Å². The molecule has 0 nitrogen and oxygen atoms in total. The Morgan fingerprint density at radius 1 is 0.821 bits per heavy atom. The van der Waals surface area contributed by atoms with Crippen molar-refractivity contribution >= 4 is 0 Å². The highest BCUT2D eigenvalue weighted by Gasteiger charge is 2.20. The standard InChI is InChI=1S/C28H46/c1-3-5-7-8-9-11-17-26-21-23-28(24-22-26)27(19-6-4-2)20-14-18-25-15-12-10-13-16-25/h10,12-13,15-16,23,26-27H,3-9,11,14,17-22,24H2,1-2H3. The molecule has 2 unspecified atom stereocenters. The van der Waals surface area contributed by atoms with Crippen LogP contribution in [0.4, 0.5) is 0 Å². The van der Waals surface area contributed by atoms with Gasteiger partial charge in [0.1, 0.15) is 0 Å². The van der Waals surface area contributed by atoms with Crippen molar-refractivity contribution in [3.8, 4) is 0 Å². The van der Waals surface area contributed by atoms with Crippen LogP contribution < -0.4 is 0 Å². The number of benzene rings is 1. The van der Waals surface area contributed by atoms with Crippen LogP contribution in [0.1, 0.15) is 116 Å². The molecule has 2 rings (SSSR count). The van der Waals surface area contributed by atoms with E-state index in [-0.39, 0.29) is 0 Å². The van der Waals surface area contributed by atoms with E-state index in [1.807, 2.05) is 5.57 Å². The third-order valence-electron chi connectivity index (χ3n) is 6.81. The minimum atomic E-state index is 0.860. The van der Waals surface area contributed by atoms with E-state index in [0.29, 0.717) is 0 Å². The minimum Gasteiger partial charge on any atom is -0.0848 e. The van der Waals surface area contributed by atoms with Gasteiger partial charge >= 0.3 is 0 Å². The van der Waals surface area contributed by atoms with Crippen LogP contribution in [0, 0.1) is 11.8 Å². The Hall–Kier alpha value is -1.04. The van der Waals surface area contributed by atoms with E-state index in [4.69, 9.17) is 0 Å². The Bertz CT molecular complexity index is 512. The van der Waals surface area contributed by atoms with Crippen molar-refractivity contribution in [2.45, 2.75) is 117 Å². The van der Waals surface area contributed by atoms with Crippen LogP contribution in [0.15, 0.2) is 42.0 Å². The molecule has 0 aromatic heterocycles. The molecule has 1 aromatic carbocycles. The fraction of sp³-hybridized carbons (Fsp3) is 0.714. The lowest BCUT2D eigenvalue weighted by molar-refractivity contribution is 0.381. The maximum Gasteiger partial charge on any atom is -0.0203 e. The van der Waals surface area contributed by atoms with Crippen LogP contribution >= 0.6 is 0 Å². The van der Waals surface area contributed by atoms with E-state index in [1.165, 1.54) is 108 Å². The van der Waals surface area contributed by atoms with Gasteiger partial charge in [0.15, 0.2) is 0 Å². The van der Waals surface area contributed by atoms with E-state index >= 15 is 0 Å². The summed E-state index contributed by atoms with van der Waals surface area (Å²) in [6.45, 7) is 4.65. The second-order valence-corrected chi connectivity index (χ2v) is 9.19. The fourth-order valence-electron chi connectivity index (χ4n) is 4.92. The van der Waals surface area contributed by atoms with Crippen molar-refractivity contribution in [1.82, 2.24) is 0 Å². The summed E-state index contributed by atoms with van der Waals surface area (Å²) in [7, 11) is 0. The smallest absolute Gasteiger partial charge is 0.0203 e. The molecule has 28 heavy (non-hydrogen) atoms. The zero-order valence-corrected chi connectivity index (χ0v) is 18.9. The highest BCUT2D eigenvalue weighted by atomic mass is 14.3. The Morgan fingerprint density at radius 3 is 2.25 bits per heavy atom. The van der Waals surface area contributed by atoms with Gasteiger partial charge in [0, 0.05) is 0 Å². The molecule has 0 bridgehead atoms. The topological polar surface area (TPSA) is 0 Å². The van der Waals surface area contributed by atoms with Gasteiger partial charge in [-0.15, -0.1) is 0 Å². The van der Waals surface area contributed by atoms with Crippen LogP contribution in [-0.2, 0) is 6.42 Å². The van der Waals surface area contributed by atoms with Crippen molar-refractivity contribution < 1.29 is 0 Å². The van der Waals surface area contributed by atoms with Crippen LogP contribution in [0.25, 0.3) is 0 Å². The lowest BCUT2D eigenvalue weighted by Gasteiger charge is -2.27. The summed E-state index contributed by atoms with van der Waals surface area (Å²) in [4.78, 5) is 0. The van der Waals surface area contributed by atoms with Gasteiger partial charge < -0.3 is 0 Å². The van der Waals surface area contributed by atoms with Crippen LogP contribution in [0.5, 0.6) is 0 Å². The third-order valence-corrected chi connectivity index (χ3v) is 6.81. The van der Waals surface area contributed by atoms with Gasteiger partial charge in [-0.05, 0) is 62.3 Å². The maximum atomic E-state index is 2.67. The lowest BCUT2D eigenvalue weighted by Crippen LogP contribution is -2.13. The number of hydrogen-bond acceptors (Lipinski definition) is 0. The molecule has 0 fully saturated rings. The zero-order chi connectivity index (χ0) is 19.9. The first-order valence-corrected chi connectivity index (χ1v) is 12.6. The SMILES string of the molecule is CCCCCCCCC1CC=C(C(CCCC)CCCc2ccccc2)CC1. The summed E-state index contributed by atoms with van der Waals surface area (Å²) >= 11 is 0. The number of aryl methyl sites for hydroxylation is 1. The van der Waals surface area contributed by atoms with Crippen molar-refractivity contribution in [2.24, 2.45) is 11.8 Å². The molecule has 0 saturated heterocycles. The minimum absolute atomic E-state index is 0.860. The number of rotatable bonds is 15. The largest absolute Gasteiger partial charge is 0.0848 e. The molecule has 158 valence electrons. The summed E-state index contributed by atoms with van der Waals surface area (Å²) in [6.07, 6.45) is 25.1. The molecule has 1 aliphatic rings. The Labute approximate surface area is 176 Å². The molecule has 0 radical (unpaired) electrons. The molecular weight excluding hydrogens is 336 g/mol. The lowest BCUT2D eigenvalue weighted by atomic mass is 9.78. The molecular formula is C28H46. The normalized spacial score (nSPS) is 18.1. The van der Waals surface area contributed by atoms with E-state index in [0.717, 1.165) is 11.8 Å². The molecule has 0 heteroatoms.